The summed E-state index contributed by atoms with van der Waals surface area (Å²) in [5.74, 6) is -0.245. The second-order valence-corrected chi connectivity index (χ2v) is 7.71. The number of hydrogen-bond acceptors (Lipinski definition) is 5. The minimum atomic E-state index is -3.52. The van der Waals surface area contributed by atoms with E-state index in [1.807, 2.05) is 11.8 Å². The van der Waals surface area contributed by atoms with Gasteiger partial charge in [0.15, 0.2) is 0 Å². The summed E-state index contributed by atoms with van der Waals surface area (Å²) in [7, 11) is -1.99. The van der Waals surface area contributed by atoms with Crippen LogP contribution in [0.1, 0.15) is 19.8 Å². The SMILES string of the molecule is CCN(CC(=O)O)C1CCN(S(=O)(=O)c2ccc(OC)cc2)CC1. The molecule has 1 aromatic carbocycles. The Kier molecular flexibility index (Phi) is 6.20. The van der Waals surface area contributed by atoms with Gasteiger partial charge in [0.2, 0.25) is 10.0 Å². The molecule has 1 aliphatic rings. The largest absolute Gasteiger partial charge is 0.497 e. The van der Waals surface area contributed by atoms with Gasteiger partial charge in [-0.15, -0.1) is 0 Å². The van der Waals surface area contributed by atoms with Crippen LogP contribution < -0.4 is 4.74 Å². The van der Waals surface area contributed by atoms with Gasteiger partial charge in [0, 0.05) is 19.1 Å². The number of sulfonamides is 1. The minimum absolute atomic E-state index is 0.00754. The Labute approximate surface area is 142 Å². The van der Waals surface area contributed by atoms with Crippen LogP contribution >= 0.6 is 0 Å². The average molecular weight is 356 g/mol. The molecule has 1 fully saturated rings. The Morgan fingerprint density at radius 2 is 1.88 bits per heavy atom. The van der Waals surface area contributed by atoms with Gasteiger partial charge < -0.3 is 9.84 Å². The lowest BCUT2D eigenvalue weighted by Gasteiger charge is -2.36. The topological polar surface area (TPSA) is 87.2 Å². The molecule has 24 heavy (non-hydrogen) atoms. The van der Waals surface area contributed by atoms with Gasteiger partial charge in [-0.1, -0.05) is 6.92 Å². The highest BCUT2D eigenvalue weighted by atomic mass is 32.2. The van der Waals surface area contributed by atoms with Crippen LogP contribution in [0.2, 0.25) is 0 Å². The van der Waals surface area contributed by atoms with E-state index in [1.165, 1.54) is 11.4 Å². The number of likely N-dealkylation sites (N-methyl/N-ethyl adjacent to an activating group) is 1. The van der Waals surface area contributed by atoms with Crippen LogP contribution in [-0.2, 0) is 14.8 Å². The molecular weight excluding hydrogens is 332 g/mol. The molecule has 1 heterocycles. The van der Waals surface area contributed by atoms with E-state index in [-0.39, 0.29) is 17.5 Å². The number of carboxylic acid groups (broad SMARTS) is 1. The second-order valence-electron chi connectivity index (χ2n) is 5.77. The lowest BCUT2D eigenvalue weighted by atomic mass is 10.0. The van der Waals surface area contributed by atoms with Crippen LogP contribution in [-0.4, -0.2) is 68.0 Å². The molecule has 0 atom stereocenters. The van der Waals surface area contributed by atoms with Crippen molar-refractivity contribution < 1.29 is 23.1 Å². The molecule has 0 unspecified atom stereocenters. The van der Waals surface area contributed by atoms with Crippen LogP contribution in [0, 0.1) is 0 Å². The molecule has 134 valence electrons. The van der Waals surface area contributed by atoms with Gasteiger partial charge in [0.05, 0.1) is 18.6 Å². The summed E-state index contributed by atoms with van der Waals surface area (Å²) in [4.78, 5) is 13.1. The highest BCUT2D eigenvalue weighted by Gasteiger charge is 2.31. The zero-order valence-electron chi connectivity index (χ0n) is 14.0. The van der Waals surface area contributed by atoms with Crippen molar-refractivity contribution in [3.05, 3.63) is 24.3 Å². The zero-order chi connectivity index (χ0) is 17.7. The Morgan fingerprint density at radius 1 is 1.29 bits per heavy atom. The van der Waals surface area contributed by atoms with Gasteiger partial charge in [-0.3, -0.25) is 9.69 Å². The molecular formula is C16H24N2O5S. The number of piperidine rings is 1. The van der Waals surface area contributed by atoms with Crippen molar-refractivity contribution in [1.82, 2.24) is 9.21 Å². The molecule has 0 saturated carbocycles. The number of nitrogens with zero attached hydrogens (tertiary/aromatic N) is 2. The Hall–Kier alpha value is -1.64. The standard InChI is InChI=1S/C16H24N2O5S/c1-3-17(12-16(19)20)13-8-10-18(11-9-13)24(21,22)15-6-4-14(23-2)5-7-15/h4-7,13H,3,8-12H2,1-2H3,(H,19,20). The molecule has 1 aromatic rings. The number of carbonyl (C=O) groups is 1. The monoisotopic (exact) mass is 356 g/mol. The summed E-state index contributed by atoms with van der Waals surface area (Å²) in [5.41, 5.74) is 0. The van der Waals surface area contributed by atoms with E-state index in [0.717, 1.165) is 0 Å². The third-order valence-corrected chi connectivity index (χ3v) is 6.29. The van der Waals surface area contributed by atoms with Gasteiger partial charge in [-0.25, -0.2) is 8.42 Å². The van der Waals surface area contributed by atoms with E-state index in [0.29, 0.717) is 38.2 Å². The summed E-state index contributed by atoms with van der Waals surface area (Å²) in [6.07, 6.45) is 1.27. The van der Waals surface area contributed by atoms with Crippen molar-refractivity contribution in [2.75, 3.05) is 33.3 Å². The van der Waals surface area contributed by atoms with E-state index < -0.39 is 16.0 Å². The molecule has 0 aliphatic carbocycles. The average Bonchev–Trinajstić information content (AvgIpc) is 2.59. The number of ether oxygens (including phenoxy) is 1. The van der Waals surface area contributed by atoms with Crippen LogP contribution in [0.3, 0.4) is 0 Å². The van der Waals surface area contributed by atoms with Crippen LogP contribution in [0.15, 0.2) is 29.2 Å². The summed E-state index contributed by atoms with van der Waals surface area (Å²) in [6, 6.07) is 6.45. The van der Waals surface area contributed by atoms with Gasteiger partial charge in [0.25, 0.3) is 0 Å². The first-order valence-electron chi connectivity index (χ1n) is 7.98. The molecule has 0 radical (unpaired) electrons. The van der Waals surface area contributed by atoms with Crippen LogP contribution in [0.5, 0.6) is 5.75 Å². The van der Waals surface area contributed by atoms with E-state index >= 15 is 0 Å². The molecule has 0 aromatic heterocycles. The lowest BCUT2D eigenvalue weighted by Crippen LogP contribution is -2.48. The third kappa shape index (κ3) is 4.25. The molecule has 1 N–H and O–H groups in total. The smallest absolute Gasteiger partial charge is 0.317 e. The van der Waals surface area contributed by atoms with E-state index in [9.17, 15) is 13.2 Å². The maximum Gasteiger partial charge on any atom is 0.317 e. The normalized spacial score (nSPS) is 17.1. The van der Waals surface area contributed by atoms with Crippen molar-refractivity contribution in [3.63, 3.8) is 0 Å². The first-order valence-corrected chi connectivity index (χ1v) is 9.42. The Morgan fingerprint density at radius 3 is 2.33 bits per heavy atom. The predicted molar refractivity (Wildman–Crippen MR) is 89.7 cm³/mol. The highest BCUT2D eigenvalue weighted by Crippen LogP contribution is 2.24. The molecule has 0 amide bonds. The molecule has 0 bridgehead atoms. The van der Waals surface area contributed by atoms with Crippen LogP contribution in [0.25, 0.3) is 0 Å². The quantitative estimate of drug-likeness (QED) is 0.791. The number of rotatable bonds is 7. The van der Waals surface area contributed by atoms with Crippen molar-refractivity contribution >= 4 is 16.0 Å². The van der Waals surface area contributed by atoms with Gasteiger partial charge in [-0.2, -0.15) is 4.31 Å². The number of methoxy groups -OCH3 is 1. The van der Waals surface area contributed by atoms with Crippen LogP contribution in [0.4, 0.5) is 0 Å². The number of hydrogen-bond donors (Lipinski definition) is 1. The van der Waals surface area contributed by atoms with Crippen molar-refractivity contribution in [2.24, 2.45) is 0 Å². The molecule has 0 spiro atoms. The highest BCUT2D eigenvalue weighted by molar-refractivity contribution is 7.89. The molecule has 1 aliphatic heterocycles. The van der Waals surface area contributed by atoms with E-state index in [1.54, 1.807) is 24.3 Å². The fourth-order valence-corrected chi connectivity index (χ4v) is 4.49. The van der Waals surface area contributed by atoms with E-state index in [4.69, 9.17) is 9.84 Å². The third-order valence-electron chi connectivity index (χ3n) is 4.38. The van der Waals surface area contributed by atoms with Gasteiger partial charge >= 0.3 is 5.97 Å². The molecule has 8 heteroatoms. The summed E-state index contributed by atoms with van der Waals surface area (Å²) in [6.45, 7) is 3.35. The second kappa shape index (κ2) is 7.96. The number of benzene rings is 1. The lowest BCUT2D eigenvalue weighted by molar-refractivity contribution is -0.139. The first kappa shape index (κ1) is 18.7. The van der Waals surface area contributed by atoms with Crippen molar-refractivity contribution in [1.29, 1.82) is 0 Å². The van der Waals surface area contributed by atoms with Gasteiger partial charge in [0.1, 0.15) is 5.75 Å². The summed E-state index contributed by atoms with van der Waals surface area (Å²) < 4.78 is 31.9. The van der Waals surface area contributed by atoms with E-state index in [2.05, 4.69) is 0 Å². The fourth-order valence-electron chi connectivity index (χ4n) is 3.02. The predicted octanol–water partition coefficient (Wildman–Crippen LogP) is 1.25. The Balaban J connectivity index is 2.03. The summed E-state index contributed by atoms with van der Waals surface area (Å²) in [5, 5.41) is 8.96. The fraction of sp³-hybridized carbons (Fsp3) is 0.562. The van der Waals surface area contributed by atoms with Crippen molar-refractivity contribution in [2.45, 2.75) is 30.7 Å². The zero-order valence-corrected chi connectivity index (χ0v) is 14.8. The van der Waals surface area contributed by atoms with Crippen molar-refractivity contribution in [3.8, 4) is 5.75 Å². The number of carboxylic acids is 1. The van der Waals surface area contributed by atoms with Gasteiger partial charge in [-0.05, 0) is 43.7 Å². The summed E-state index contributed by atoms with van der Waals surface area (Å²) >= 11 is 0. The Bertz CT molecular complexity index is 652. The molecule has 7 nitrogen and oxygen atoms in total. The minimum Gasteiger partial charge on any atom is -0.497 e. The maximum atomic E-state index is 12.7. The molecule has 2 rings (SSSR count). The maximum absolute atomic E-state index is 12.7. The molecule has 1 saturated heterocycles. The number of aliphatic carboxylic acids is 1. The first-order chi connectivity index (χ1) is 11.4.